The number of imidazole rings is 1. The number of halogens is 1. The molecular formula is C15H26ClN3O. The molecule has 0 spiro atoms. The van der Waals surface area contributed by atoms with Crippen LogP contribution in [0.15, 0.2) is 0 Å². The first-order valence-corrected chi connectivity index (χ1v) is 8.19. The van der Waals surface area contributed by atoms with Crippen molar-refractivity contribution in [2.24, 2.45) is 5.92 Å². The molecule has 0 unspecified atom stereocenters. The van der Waals surface area contributed by atoms with Gasteiger partial charge in [0.25, 0.3) is 0 Å². The number of aryl methyl sites for hydroxylation is 1. The Morgan fingerprint density at radius 2 is 2.25 bits per heavy atom. The van der Waals surface area contributed by atoms with E-state index in [4.69, 9.17) is 16.3 Å². The van der Waals surface area contributed by atoms with Gasteiger partial charge >= 0.3 is 0 Å². The quantitative estimate of drug-likeness (QED) is 0.616. The minimum absolute atomic E-state index is 0.605. The molecule has 0 radical (unpaired) electrons. The lowest BCUT2D eigenvalue weighted by atomic mass is 10.2. The van der Waals surface area contributed by atoms with E-state index in [0.717, 1.165) is 63.0 Å². The van der Waals surface area contributed by atoms with Crippen molar-refractivity contribution in [3.8, 4) is 0 Å². The SMILES string of the molecule is CCCCc1nc(Cl)c(CNCCCOCC2CC2)[nH]1. The second-order valence-corrected chi connectivity index (χ2v) is 5.96. The second kappa shape index (κ2) is 8.65. The van der Waals surface area contributed by atoms with Crippen molar-refractivity contribution in [2.75, 3.05) is 19.8 Å². The number of rotatable bonds is 11. The van der Waals surface area contributed by atoms with E-state index in [9.17, 15) is 0 Å². The van der Waals surface area contributed by atoms with Crippen LogP contribution in [0.5, 0.6) is 0 Å². The van der Waals surface area contributed by atoms with Gasteiger partial charge in [0.15, 0.2) is 5.15 Å². The monoisotopic (exact) mass is 299 g/mol. The summed E-state index contributed by atoms with van der Waals surface area (Å²) in [4.78, 5) is 7.65. The van der Waals surface area contributed by atoms with Crippen LogP contribution in [-0.2, 0) is 17.7 Å². The zero-order chi connectivity index (χ0) is 14.2. The number of aromatic nitrogens is 2. The number of nitrogens with one attached hydrogen (secondary N) is 2. The maximum atomic E-state index is 6.12. The molecule has 114 valence electrons. The third-order valence-electron chi connectivity index (χ3n) is 3.54. The first-order chi connectivity index (χ1) is 9.79. The van der Waals surface area contributed by atoms with Crippen LogP contribution >= 0.6 is 11.6 Å². The molecule has 1 aromatic rings. The van der Waals surface area contributed by atoms with Crippen LogP contribution < -0.4 is 5.32 Å². The predicted molar refractivity (Wildman–Crippen MR) is 82.1 cm³/mol. The average Bonchev–Trinajstić information content (AvgIpc) is 3.19. The predicted octanol–water partition coefficient (Wildman–Crippen LogP) is 3.31. The molecule has 0 amide bonds. The number of aromatic amines is 1. The van der Waals surface area contributed by atoms with Gasteiger partial charge in [0.05, 0.1) is 5.69 Å². The fourth-order valence-electron chi connectivity index (χ4n) is 2.07. The van der Waals surface area contributed by atoms with Crippen LogP contribution in [0.3, 0.4) is 0 Å². The third kappa shape index (κ3) is 5.81. The summed E-state index contributed by atoms with van der Waals surface area (Å²) in [5, 5.41) is 3.99. The van der Waals surface area contributed by atoms with Crippen molar-refractivity contribution >= 4 is 11.6 Å². The molecular weight excluding hydrogens is 274 g/mol. The minimum atomic E-state index is 0.605. The second-order valence-electron chi connectivity index (χ2n) is 5.61. The molecule has 1 heterocycles. The Balaban J connectivity index is 1.54. The van der Waals surface area contributed by atoms with Gasteiger partial charge in [-0.1, -0.05) is 24.9 Å². The van der Waals surface area contributed by atoms with Crippen molar-refractivity contribution in [3.05, 3.63) is 16.7 Å². The minimum Gasteiger partial charge on any atom is -0.381 e. The van der Waals surface area contributed by atoms with Gasteiger partial charge in [-0.3, -0.25) is 0 Å². The normalized spacial score (nSPS) is 14.9. The van der Waals surface area contributed by atoms with Crippen molar-refractivity contribution in [3.63, 3.8) is 0 Å². The van der Waals surface area contributed by atoms with Crippen molar-refractivity contribution in [2.45, 2.75) is 52.0 Å². The highest BCUT2D eigenvalue weighted by Crippen LogP contribution is 2.28. The maximum Gasteiger partial charge on any atom is 0.151 e. The summed E-state index contributed by atoms with van der Waals surface area (Å²) >= 11 is 6.12. The number of hydrogen-bond donors (Lipinski definition) is 2. The molecule has 0 aromatic carbocycles. The third-order valence-corrected chi connectivity index (χ3v) is 3.85. The summed E-state index contributed by atoms with van der Waals surface area (Å²) in [5.74, 6) is 1.86. The van der Waals surface area contributed by atoms with Gasteiger partial charge < -0.3 is 15.0 Å². The Morgan fingerprint density at radius 1 is 1.40 bits per heavy atom. The van der Waals surface area contributed by atoms with Crippen LogP contribution in [0.4, 0.5) is 0 Å². The smallest absolute Gasteiger partial charge is 0.151 e. The highest BCUT2D eigenvalue weighted by atomic mass is 35.5. The molecule has 1 saturated carbocycles. The number of unbranched alkanes of at least 4 members (excludes halogenated alkanes) is 1. The van der Waals surface area contributed by atoms with Crippen LogP contribution in [0.2, 0.25) is 5.15 Å². The fraction of sp³-hybridized carbons (Fsp3) is 0.800. The summed E-state index contributed by atoms with van der Waals surface area (Å²) in [6, 6.07) is 0. The first-order valence-electron chi connectivity index (χ1n) is 7.81. The average molecular weight is 300 g/mol. The van der Waals surface area contributed by atoms with E-state index in [-0.39, 0.29) is 0 Å². The molecule has 0 bridgehead atoms. The number of nitrogens with zero attached hydrogens (tertiary/aromatic N) is 1. The standard InChI is InChI=1S/C15H26ClN3O/c1-2-3-5-14-18-13(15(16)19-14)10-17-8-4-9-20-11-12-6-7-12/h12,17H,2-11H2,1H3,(H,18,19). The Labute approximate surface area is 126 Å². The molecule has 1 aromatic heterocycles. The summed E-state index contributed by atoms with van der Waals surface area (Å²) in [7, 11) is 0. The first kappa shape index (κ1) is 15.8. The Kier molecular flexibility index (Phi) is 6.83. The van der Waals surface area contributed by atoms with Gasteiger partial charge in [-0.15, -0.1) is 0 Å². The van der Waals surface area contributed by atoms with E-state index in [1.807, 2.05) is 0 Å². The Morgan fingerprint density at radius 3 is 3.00 bits per heavy atom. The van der Waals surface area contributed by atoms with Gasteiger partial charge in [0.1, 0.15) is 5.82 Å². The molecule has 1 aliphatic rings. The molecule has 4 nitrogen and oxygen atoms in total. The summed E-state index contributed by atoms with van der Waals surface area (Å²) < 4.78 is 5.60. The largest absolute Gasteiger partial charge is 0.381 e. The van der Waals surface area contributed by atoms with Crippen molar-refractivity contribution in [1.82, 2.24) is 15.3 Å². The van der Waals surface area contributed by atoms with Crippen LogP contribution in [0, 0.1) is 5.92 Å². The fourth-order valence-corrected chi connectivity index (χ4v) is 2.28. The van der Waals surface area contributed by atoms with Crippen LogP contribution in [0.25, 0.3) is 0 Å². The molecule has 0 aliphatic heterocycles. The van der Waals surface area contributed by atoms with Crippen molar-refractivity contribution in [1.29, 1.82) is 0 Å². The van der Waals surface area contributed by atoms with Gasteiger partial charge in [0.2, 0.25) is 0 Å². The van der Waals surface area contributed by atoms with Crippen LogP contribution in [-0.4, -0.2) is 29.7 Å². The van der Waals surface area contributed by atoms with E-state index in [1.165, 1.54) is 19.3 Å². The molecule has 0 saturated heterocycles. The highest BCUT2D eigenvalue weighted by molar-refractivity contribution is 6.30. The Hall–Kier alpha value is -0.580. The topological polar surface area (TPSA) is 49.9 Å². The molecule has 1 fully saturated rings. The van der Waals surface area contributed by atoms with Gasteiger partial charge in [-0.2, -0.15) is 0 Å². The lowest BCUT2D eigenvalue weighted by molar-refractivity contribution is 0.122. The highest BCUT2D eigenvalue weighted by Gasteiger charge is 2.20. The van der Waals surface area contributed by atoms with Crippen LogP contribution in [0.1, 0.15) is 50.5 Å². The van der Waals surface area contributed by atoms with Gasteiger partial charge in [0, 0.05) is 26.2 Å². The van der Waals surface area contributed by atoms with E-state index in [0.29, 0.717) is 5.15 Å². The van der Waals surface area contributed by atoms with E-state index in [1.54, 1.807) is 0 Å². The number of ether oxygens (including phenoxy) is 1. The molecule has 20 heavy (non-hydrogen) atoms. The maximum absolute atomic E-state index is 6.12. The molecule has 2 N–H and O–H groups in total. The van der Waals surface area contributed by atoms with E-state index >= 15 is 0 Å². The molecule has 2 rings (SSSR count). The van der Waals surface area contributed by atoms with Crippen molar-refractivity contribution < 1.29 is 4.74 Å². The lowest BCUT2D eigenvalue weighted by Crippen LogP contribution is -2.17. The zero-order valence-corrected chi connectivity index (χ0v) is 13.1. The summed E-state index contributed by atoms with van der Waals surface area (Å²) in [6.45, 7) is 5.68. The Bertz CT molecular complexity index is 390. The molecule has 1 aliphatic carbocycles. The number of H-pyrrole nitrogens is 1. The molecule has 5 heteroatoms. The van der Waals surface area contributed by atoms with Gasteiger partial charge in [-0.25, -0.2) is 4.98 Å². The number of hydrogen-bond acceptors (Lipinski definition) is 3. The molecule has 0 atom stereocenters. The zero-order valence-electron chi connectivity index (χ0n) is 12.4. The van der Waals surface area contributed by atoms with Gasteiger partial charge in [-0.05, 0) is 38.1 Å². The lowest BCUT2D eigenvalue weighted by Gasteiger charge is -2.04. The van der Waals surface area contributed by atoms with E-state index in [2.05, 4.69) is 22.2 Å². The summed E-state index contributed by atoms with van der Waals surface area (Å²) in [6.07, 6.45) is 7.06. The summed E-state index contributed by atoms with van der Waals surface area (Å²) in [5.41, 5.74) is 0.997. The van der Waals surface area contributed by atoms with E-state index < -0.39 is 0 Å².